The second-order valence-corrected chi connectivity index (χ2v) is 5.94. The minimum atomic E-state index is 0.522. The summed E-state index contributed by atoms with van der Waals surface area (Å²) >= 11 is 0. The topological polar surface area (TPSA) is 76.2 Å². The molecule has 2 N–H and O–H groups in total. The van der Waals surface area contributed by atoms with Gasteiger partial charge in [0.2, 0.25) is 0 Å². The molecule has 5 heteroatoms. The summed E-state index contributed by atoms with van der Waals surface area (Å²) in [6, 6.07) is 9.96. The van der Waals surface area contributed by atoms with Crippen LogP contribution in [0.25, 0.3) is 11.5 Å². The van der Waals surface area contributed by atoms with Crippen molar-refractivity contribution < 1.29 is 13.8 Å². The molecule has 5 nitrogen and oxygen atoms in total. The van der Waals surface area contributed by atoms with E-state index in [1.807, 2.05) is 24.3 Å². The average molecular weight is 320 g/mol. The molecule has 3 aromatic heterocycles. The van der Waals surface area contributed by atoms with Gasteiger partial charge in [-0.2, -0.15) is 5.26 Å². The number of hydrogen-bond acceptors (Lipinski definition) is 4. The molecule has 0 atom stereocenters. The summed E-state index contributed by atoms with van der Waals surface area (Å²) in [5.41, 5.74) is 4.01. The number of nitrogens with one attached hydrogen (secondary N) is 2. The van der Waals surface area contributed by atoms with Crippen molar-refractivity contribution in [1.29, 1.82) is 5.26 Å². The molecule has 0 aliphatic heterocycles. The van der Waals surface area contributed by atoms with Crippen LogP contribution in [0.5, 0.6) is 0 Å². The SMILES string of the molecule is N#Cc1c(NCc2ccco2)[nH+]c(-c2ccco2)c2c1CCCC2. The standard InChI is InChI=1S/C19H17N3O2/c20-11-16-14-6-1-2-7-15(14)18(17-8-4-10-24-17)22-19(16)21-12-13-5-3-9-23-13/h3-5,8-10H,1-2,6-7,12H2,(H,21,22)/p+1. The molecule has 0 spiro atoms. The maximum atomic E-state index is 9.70. The van der Waals surface area contributed by atoms with Gasteiger partial charge in [-0.1, -0.05) is 0 Å². The van der Waals surface area contributed by atoms with E-state index in [1.54, 1.807) is 12.5 Å². The van der Waals surface area contributed by atoms with Crippen molar-refractivity contribution in [3.8, 4) is 17.5 Å². The van der Waals surface area contributed by atoms with Crippen molar-refractivity contribution in [3.63, 3.8) is 0 Å². The lowest BCUT2D eigenvalue weighted by Crippen LogP contribution is -2.23. The second kappa shape index (κ2) is 6.25. The van der Waals surface area contributed by atoms with Gasteiger partial charge in [0.25, 0.3) is 5.82 Å². The fourth-order valence-corrected chi connectivity index (χ4v) is 3.35. The number of nitrogens with zero attached hydrogens (tertiary/aromatic N) is 1. The van der Waals surface area contributed by atoms with Gasteiger partial charge in [0.1, 0.15) is 23.9 Å². The van der Waals surface area contributed by atoms with E-state index in [2.05, 4.69) is 16.4 Å². The average Bonchev–Trinajstić information content (AvgIpc) is 3.32. The van der Waals surface area contributed by atoms with E-state index < -0.39 is 0 Å². The first kappa shape index (κ1) is 14.6. The quantitative estimate of drug-likeness (QED) is 0.795. The molecule has 0 bridgehead atoms. The van der Waals surface area contributed by atoms with Gasteiger partial charge in [-0.3, -0.25) is 5.32 Å². The predicted octanol–water partition coefficient (Wildman–Crippen LogP) is 3.72. The maximum Gasteiger partial charge on any atom is 0.291 e. The van der Waals surface area contributed by atoms with Crippen LogP contribution in [-0.2, 0) is 19.4 Å². The smallest absolute Gasteiger partial charge is 0.291 e. The van der Waals surface area contributed by atoms with E-state index in [9.17, 15) is 5.26 Å². The van der Waals surface area contributed by atoms with Crippen LogP contribution in [0.2, 0.25) is 0 Å². The van der Waals surface area contributed by atoms with Crippen molar-refractivity contribution in [2.24, 2.45) is 0 Å². The Morgan fingerprint density at radius 2 is 1.88 bits per heavy atom. The van der Waals surface area contributed by atoms with Crippen molar-refractivity contribution >= 4 is 5.82 Å². The molecule has 1 aliphatic rings. The van der Waals surface area contributed by atoms with Gasteiger partial charge in [-0.25, -0.2) is 4.98 Å². The Balaban J connectivity index is 1.80. The largest absolute Gasteiger partial charge is 0.465 e. The number of fused-ring (bicyclic) bond motifs is 1. The fraction of sp³-hybridized carbons (Fsp3) is 0.263. The minimum Gasteiger partial charge on any atom is -0.465 e. The highest BCUT2D eigenvalue weighted by Crippen LogP contribution is 2.33. The van der Waals surface area contributed by atoms with Crippen LogP contribution >= 0.6 is 0 Å². The van der Waals surface area contributed by atoms with E-state index in [-0.39, 0.29) is 0 Å². The number of rotatable bonds is 4. The summed E-state index contributed by atoms with van der Waals surface area (Å²) in [6.07, 6.45) is 7.46. The van der Waals surface area contributed by atoms with Crippen molar-refractivity contribution in [2.75, 3.05) is 5.32 Å². The second-order valence-electron chi connectivity index (χ2n) is 5.94. The summed E-state index contributed by atoms with van der Waals surface area (Å²) in [4.78, 5) is 3.39. The van der Waals surface area contributed by atoms with Gasteiger partial charge in [-0.15, -0.1) is 0 Å². The van der Waals surface area contributed by atoms with Gasteiger partial charge in [-0.05, 0) is 55.5 Å². The van der Waals surface area contributed by atoms with E-state index in [0.717, 1.165) is 54.3 Å². The highest BCUT2D eigenvalue weighted by Gasteiger charge is 2.27. The van der Waals surface area contributed by atoms with E-state index >= 15 is 0 Å². The van der Waals surface area contributed by atoms with Gasteiger partial charge >= 0.3 is 0 Å². The molecule has 0 amide bonds. The molecule has 3 aromatic rings. The molecular weight excluding hydrogens is 302 g/mol. The van der Waals surface area contributed by atoms with Gasteiger partial charge in [0.05, 0.1) is 12.5 Å². The number of furan rings is 2. The van der Waals surface area contributed by atoms with Crippen LogP contribution in [-0.4, -0.2) is 0 Å². The Morgan fingerprint density at radius 1 is 1.08 bits per heavy atom. The van der Waals surface area contributed by atoms with Crippen LogP contribution in [0.1, 0.15) is 35.3 Å². The first-order valence-corrected chi connectivity index (χ1v) is 8.18. The maximum absolute atomic E-state index is 9.70. The molecule has 120 valence electrons. The molecule has 3 heterocycles. The number of aromatic nitrogens is 1. The number of hydrogen-bond donors (Lipinski definition) is 1. The molecule has 0 aromatic carbocycles. The van der Waals surface area contributed by atoms with Gasteiger partial charge < -0.3 is 8.83 Å². The summed E-state index contributed by atoms with van der Waals surface area (Å²) < 4.78 is 11.0. The highest BCUT2D eigenvalue weighted by molar-refractivity contribution is 5.64. The van der Waals surface area contributed by atoms with Crippen molar-refractivity contribution in [3.05, 3.63) is 59.2 Å². The van der Waals surface area contributed by atoms with Gasteiger partial charge in [0, 0.05) is 5.56 Å². The van der Waals surface area contributed by atoms with Crippen molar-refractivity contribution in [1.82, 2.24) is 0 Å². The molecular formula is C19H18N3O2+. The Morgan fingerprint density at radius 3 is 2.58 bits per heavy atom. The lowest BCUT2D eigenvalue weighted by Gasteiger charge is -2.19. The number of nitriles is 1. The first-order chi connectivity index (χ1) is 11.9. The Hall–Kier alpha value is -3.00. The zero-order valence-electron chi connectivity index (χ0n) is 13.3. The van der Waals surface area contributed by atoms with E-state index in [4.69, 9.17) is 8.83 Å². The summed E-state index contributed by atoms with van der Waals surface area (Å²) in [5, 5.41) is 13.0. The normalized spacial score (nSPS) is 13.3. The third-order valence-electron chi connectivity index (χ3n) is 4.47. The summed E-state index contributed by atoms with van der Waals surface area (Å²) in [7, 11) is 0. The molecule has 4 rings (SSSR count). The Labute approximate surface area is 139 Å². The van der Waals surface area contributed by atoms with Crippen LogP contribution < -0.4 is 10.3 Å². The van der Waals surface area contributed by atoms with Crippen LogP contribution in [0.3, 0.4) is 0 Å². The first-order valence-electron chi connectivity index (χ1n) is 8.18. The fourth-order valence-electron chi connectivity index (χ4n) is 3.35. The molecule has 24 heavy (non-hydrogen) atoms. The number of pyridine rings is 1. The van der Waals surface area contributed by atoms with Crippen LogP contribution in [0.4, 0.5) is 5.82 Å². The minimum absolute atomic E-state index is 0.522. The predicted molar refractivity (Wildman–Crippen MR) is 88.1 cm³/mol. The highest BCUT2D eigenvalue weighted by atomic mass is 16.3. The lowest BCUT2D eigenvalue weighted by molar-refractivity contribution is -0.350. The van der Waals surface area contributed by atoms with Crippen LogP contribution in [0.15, 0.2) is 45.6 Å². The monoisotopic (exact) mass is 320 g/mol. The molecule has 0 saturated carbocycles. The zero-order valence-corrected chi connectivity index (χ0v) is 13.3. The van der Waals surface area contributed by atoms with Gasteiger partial charge in [0.15, 0.2) is 11.5 Å². The molecule has 0 fully saturated rings. The Kier molecular flexibility index (Phi) is 3.80. The molecule has 0 unspecified atom stereocenters. The number of aromatic amines is 1. The van der Waals surface area contributed by atoms with E-state index in [0.29, 0.717) is 12.1 Å². The lowest BCUT2D eigenvalue weighted by atomic mass is 9.87. The van der Waals surface area contributed by atoms with E-state index in [1.165, 1.54) is 5.56 Å². The Bertz CT molecular complexity index is 874. The number of anilines is 1. The third-order valence-corrected chi connectivity index (χ3v) is 4.47. The molecule has 0 saturated heterocycles. The third kappa shape index (κ3) is 2.56. The molecule has 1 aliphatic carbocycles. The van der Waals surface area contributed by atoms with Crippen molar-refractivity contribution in [2.45, 2.75) is 32.2 Å². The summed E-state index contributed by atoms with van der Waals surface area (Å²) in [6.45, 7) is 0.522. The van der Waals surface area contributed by atoms with Crippen LogP contribution in [0, 0.1) is 11.3 Å². The number of H-pyrrole nitrogens is 1. The molecule has 0 radical (unpaired) electrons. The zero-order chi connectivity index (χ0) is 16.4. The summed E-state index contributed by atoms with van der Waals surface area (Å²) in [5.74, 6) is 2.35.